The van der Waals surface area contributed by atoms with Crippen LogP contribution in [0.25, 0.3) is 94.3 Å². The van der Waals surface area contributed by atoms with Crippen molar-refractivity contribution in [1.29, 1.82) is 0 Å². The third kappa shape index (κ3) is 6.17. The summed E-state index contributed by atoms with van der Waals surface area (Å²) < 4.78 is 2.52. The monoisotopic (exact) mass is 870 g/mol. The Morgan fingerprint density at radius 3 is 1.66 bits per heavy atom. The largest absolute Gasteiger partial charge is 0.355 e. The molecule has 68 heavy (non-hydrogen) atoms. The standard InChI is InChI=1S/C66H50N2/c1-65(2)57-24-11-9-21-52(57)56-39-48(32-37-59(56)65)50-35-30-46(40-60(50)67-49-33-28-43(29-34-49)42-16-6-5-7-17-42)44-18-14-19-45(38-44)47-31-36-54-53-22-10-13-26-61(53)68(63(54)41-47)62-27-15-23-55-51-20-8-12-25-58(51)66(3,4)64(55)62/h5-41,67H,1-4H3. The molecule has 0 aliphatic heterocycles. The van der Waals surface area contributed by atoms with Gasteiger partial charge in [-0.25, -0.2) is 0 Å². The molecule has 0 unspecified atom stereocenters. The summed E-state index contributed by atoms with van der Waals surface area (Å²) in [6.45, 7) is 9.45. The van der Waals surface area contributed by atoms with Gasteiger partial charge in [-0.2, -0.15) is 0 Å². The van der Waals surface area contributed by atoms with E-state index in [0.717, 1.165) is 16.9 Å². The lowest BCUT2D eigenvalue weighted by Gasteiger charge is -2.25. The average Bonchev–Trinajstić information content (AvgIpc) is 3.93. The second kappa shape index (κ2) is 15.2. The molecule has 0 spiro atoms. The molecule has 0 fully saturated rings. The van der Waals surface area contributed by atoms with E-state index in [1.165, 1.54) is 111 Å². The number of nitrogens with one attached hydrogen (secondary N) is 1. The smallest absolute Gasteiger partial charge is 0.0547 e. The highest BCUT2D eigenvalue weighted by Gasteiger charge is 2.38. The van der Waals surface area contributed by atoms with Gasteiger partial charge in [0.1, 0.15) is 0 Å². The molecule has 10 aromatic carbocycles. The molecule has 0 saturated carbocycles. The van der Waals surface area contributed by atoms with Gasteiger partial charge in [0.15, 0.2) is 0 Å². The zero-order valence-corrected chi connectivity index (χ0v) is 38.8. The molecule has 1 N–H and O–H groups in total. The first-order chi connectivity index (χ1) is 33.2. The Kier molecular flexibility index (Phi) is 8.95. The van der Waals surface area contributed by atoms with Crippen LogP contribution in [0.4, 0.5) is 11.4 Å². The third-order valence-electron chi connectivity index (χ3n) is 15.2. The number of benzene rings is 10. The minimum Gasteiger partial charge on any atom is -0.355 e. The summed E-state index contributed by atoms with van der Waals surface area (Å²) in [6, 6.07) is 83.1. The van der Waals surface area contributed by atoms with Crippen molar-refractivity contribution >= 4 is 33.2 Å². The summed E-state index contributed by atoms with van der Waals surface area (Å²) in [4.78, 5) is 0. The molecule has 0 atom stereocenters. The van der Waals surface area contributed by atoms with Gasteiger partial charge in [-0.05, 0) is 132 Å². The first-order valence-electron chi connectivity index (χ1n) is 23.9. The van der Waals surface area contributed by atoms with Crippen LogP contribution in [0.15, 0.2) is 224 Å². The second-order valence-corrected chi connectivity index (χ2v) is 19.8. The Balaban J connectivity index is 0.921. The number of rotatable bonds is 7. The first-order valence-corrected chi connectivity index (χ1v) is 23.9. The van der Waals surface area contributed by atoms with Gasteiger partial charge in [-0.3, -0.25) is 0 Å². The fraction of sp³-hybridized carbons (Fsp3) is 0.0909. The molecule has 0 bridgehead atoms. The summed E-state index contributed by atoms with van der Waals surface area (Å²) >= 11 is 0. The maximum Gasteiger partial charge on any atom is 0.0547 e. The van der Waals surface area contributed by atoms with E-state index in [2.05, 4.69) is 262 Å². The molecule has 2 aliphatic rings. The van der Waals surface area contributed by atoms with E-state index in [-0.39, 0.29) is 10.8 Å². The fourth-order valence-electron chi connectivity index (χ4n) is 11.8. The van der Waals surface area contributed by atoms with E-state index >= 15 is 0 Å². The van der Waals surface area contributed by atoms with Crippen LogP contribution in [-0.2, 0) is 10.8 Å². The Bertz CT molecular complexity index is 3810. The van der Waals surface area contributed by atoms with Crippen LogP contribution in [-0.4, -0.2) is 4.57 Å². The van der Waals surface area contributed by atoms with Crippen molar-refractivity contribution in [3.63, 3.8) is 0 Å². The summed E-state index contributed by atoms with van der Waals surface area (Å²) in [6.07, 6.45) is 0. The molecular weight excluding hydrogens is 821 g/mol. The first kappa shape index (κ1) is 40.1. The highest BCUT2D eigenvalue weighted by atomic mass is 15.0. The Hall–Kier alpha value is -8.20. The van der Waals surface area contributed by atoms with Crippen molar-refractivity contribution in [2.24, 2.45) is 0 Å². The second-order valence-electron chi connectivity index (χ2n) is 19.8. The van der Waals surface area contributed by atoms with E-state index in [9.17, 15) is 0 Å². The molecule has 1 aromatic heterocycles. The zero-order valence-electron chi connectivity index (χ0n) is 38.8. The van der Waals surface area contributed by atoms with Crippen molar-refractivity contribution in [3.8, 4) is 72.4 Å². The normalized spacial score (nSPS) is 13.8. The molecule has 11 aromatic rings. The van der Waals surface area contributed by atoms with E-state index in [1.54, 1.807) is 0 Å². The van der Waals surface area contributed by atoms with Gasteiger partial charge in [0.05, 0.1) is 16.7 Å². The molecule has 0 saturated heterocycles. The minimum absolute atomic E-state index is 0.0485. The molecule has 0 radical (unpaired) electrons. The number of fused-ring (bicyclic) bond motifs is 9. The van der Waals surface area contributed by atoms with Crippen LogP contribution in [0.5, 0.6) is 0 Å². The van der Waals surface area contributed by atoms with Crippen LogP contribution in [0.1, 0.15) is 49.9 Å². The number of anilines is 2. The van der Waals surface area contributed by atoms with Crippen LogP contribution in [0.3, 0.4) is 0 Å². The Morgan fingerprint density at radius 1 is 0.324 bits per heavy atom. The van der Waals surface area contributed by atoms with E-state index in [4.69, 9.17) is 0 Å². The summed E-state index contributed by atoms with van der Waals surface area (Å²) in [5, 5.41) is 6.41. The topological polar surface area (TPSA) is 17.0 Å². The van der Waals surface area contributed by atoms with Gasteiger partial charge in [0.25, 0.3) is 0 Å². The van der Waals surface area contributed by atoms with Crippen molar-refractivity contribution in [1.82, 2.24) is 4.57 Å². The highest BCUT2D eigenvalue weighted by molar-refractivity contribution is 6.10. The van der Waals surface area contributed by atoms with Gasteiger partial charge >= 0.3 is 0 Å². The zero-order chi connectivity index (χ0) is 45.7. The molecule has 2 nitrogen and oxygen atoms in total. The van der Waals surface area contributed by atoms with Gasteiger partial charge in [0, 0.05) is 38.5 Å². The predicted octanol–water partition coefficient (Wildman–Crippen LogP) is 17.8. The Labute approximate surface area is 398 Å². The van der Waals surface area contributed by atoms with Crippen LogP contribution in [0, 0.1) is 0 Å². The lowest BCUT2D eigenvalue weighted by atomic mass is 9.81. The maximum absolute atomic E-state index is 3.89. The maximum atomic E-state index is 3.89. The number of nitrogens with zero attached hydrogens (tertiary/aromatic N) is 1. The van der Waals surface area contributed by atoms with Gasteiger partial charge in [-0.15, -0.1) is 0 Å². The number of para-hydroxylation sites is 1. The summed E-state index contributed by atoms with van der Waals surface area (Å²) in [5.41, 5.74) is 25.9. The fourth-order valence-corrected chi connectivity index (χ4v) is 11.8. The van der Waals surface area contributed by atoms with E-state index < -0.39 is 0 Å². The van der Waals surface area contributed by atoms with Crippen molar-refractivity contribution < 1.29 is 0 Å². The molecule has 0 amide bonds. The van der Waals surface area contributed by atoms with Crippen molar-refractivity contribution in [3.05, 3.63) is 247 Å². The molecule has 13 rings (SSSR count). The van der Waals surface area contributed by atoms with Gasteiger partial charge in [-0.1, -0.05) is 204 Å². The number of hydrogen-bond donors (Lipinski definition) is 1. The quantitative estimate of drug-likeness (QED) is 0.169. The minimum atomic E-state index is -0.149. The summed E-state index contributed by atoms with van der Waals surface area (Å²) in [7, 11) is 0. The van der Waals surface area contributed by atoms with Gasteiger partial charge in [0.2, 0.25) is 0 Å². The lowest BCUT2D eigenvalue weighted by molar-refractivity contribution is 0.656. The van der Waals surface area contributed by atoms with E-state index in [0.29, 0.717) is 0 Å². The van der Waals surface area contributed by atoms with Crippen molar-refractivity contribution in [2.75, 3.05) is 5.32 Å². The van der Waals surface area contributed by atoms with Crippen molar-refractivity contribution in [2.45, 2.75) is 38.5 Å². The highest BCUT2D eigenvalue weighted by Crippen LogP contribution is 2.53. The van der Waals surface area contributed by atoms with Crippen LogP contribution < -0.4 is 5.32 Å². The van der Waals surface area contributed by atoms with Gasteiger partial charge < -0.3 is 9.88 Å². The Morgan fingerprint density at radius 2 is 0.868 bits per heavy atom. The van der Waals surface area contributed by atoms with Crippen LogP contribution >= 0.6 is 0 Å². The molecular formula is C66H50N2. The molecule has 1 heterocycles. The van der Waals surface area contributed by atoms with Crippen LogP contribution in [0.2, 0.25) is 0 Å². The number of hydrogen-bond acceptors (Lipinski definition) is 1. The molecule has 324 valence electrons. The SMILES string of the molecule is CC1(C)c2ccccc2-c2cc(-c3ccc(-c4cccc(-c5ccc6c7ccccc7n(-c7cccc8c7C(C)(C)c7ccccc7-8)c6c5)c4)cc3Nc3ccc(-c4ccccc4)cc3)ccc21. The lowest BCUT2D eigenvalue weighted by Crippen LogP contribution is -2.18. The molecule has 2 aliphatic carbocycles. The van der Waals surface area contributed by atoms with E-state index in [1.807, 2.05) is 0 Å². The molecule has 2 heteroatoms. The summed E-state index contributed by atoms with van der Waals surface area (Å²) in [5.74, 6) is 0. The third-order valence-corrected chi connectivity index (χ3v) is 15.2. The average molecular weight is 871 g/mol. The predicted molar refractivity (Wildman–Crippen MR) is 287 cm³/mol. The number of aromatic nitrogens is 1.